The number of oxazole rings is 1. The lowest BCUT2D eigenvalue weighted by Crippen LogP contribution is -2.46. The van der Waals surface area contributed by atoms with Crippen molar-refractivity contribution < 1.29 is 9.15 Å². The Morgan fingerprint density at radius 1 is 1.06 bits per heavy atom. The van der Waals surface area contributed by atoms with E-state index in [0.717, 1.165) is 80.0 Å². The average molecular weight is 431 g/mol. The predicted molar refractivity (Wildman–Crippen MR) is 120 cm³/mol. The van der Waals surface area contributed by atoms with Gasteiger partial charge in [-0.3, -0.25) is 9.89 Å². The summed E-state index contributed by atoms with van der Waals surface area (Å²) in [5, 5.41) is 0. The first-order valence-electron chi connectivity index (χ1n) is 11.2. The minimum Gasteiger partial charge on any atom is -0.488 e. The van der Waals surface area contributed by atoms with Crippen molar-refractivity contribution in [3.05, 3.63) is 65.8 Å². The van der Waals surface area contributed by atoms with Gasteiger partial charge in [0, 0.05) is 37.8 Å². The van der Waals surface area contributed by atoms with E-state index in [4.69, 9.17) is 14.1 Å². The lowest BCUT2D eigenvalue weighted by Gasteiger charge is -2.34. The average Bonchev–Trinajstić information content (AvgIpc) is 3.18. The highest BCUT2D eigenvalue weighted by atomic mass is 16.5. The number of hydrogen-bond acceptors (Lipinski definition) is 8. The second-order valence-electron chi connectivity index (χ2n) is 8.99. The second-order valence-corrected chi connectivity index (χ2v) is 8.99. The number of fused-ring (bicyclic) bond motifs is 1. The third kappa shape index (κ3) is 3.86. The Morgan fingerprint density at radius 2 is 1.94 bits per heavy atom. The highest BCUT2D eigenvalue weighted by molar-refractivity contribution is 6.14. The van der Waals surface area contributed by atoms with E-state index in [1.807, 2.05) is 0 Å². The lowest BCUT2D eigenvalue weighted by atomic mass is 10.0. The zero-order valence-electron chi connectivity index (χ0n) is 18.2. The standard InChI is InChI=1S/C24H26N6O2/c1-24(4-5-24)32-18-3-2-17-14-26-23(19(17)12-18)20-13-21(28-16-27-20)30-9-7-29(8-10-30)15-22-25-6-11-31-22/h2-3,6,11-13,16H,4-5,7-10,14-15H2,1H3. The van der Waals surface area contributed by atoms with Crippen molar-refractivity contribution in [3.8, 4) is 5.75 Å². The van der Waals surface area contributed by atoms with Crippen LogP contribution in [0.1, 0.15) is 42.5 Å². The third-order valence-electron chi connectivity index (χ3n) is 6.50. The molecule has 4 heterocycles. The Balaban J connectivity index is 1.17. The molecule has 1 aliphatic carbocycles. The van der Waals surface area contributed by atoms with Gasteiger partial charge in [0.25, 0.3) is 0 Å². The number of aromatic nitrogens is 3. The van der Waals surface area contributed by atoms with Crippen LogP contribution in [-0.2, 0) is 13.1 Å². The maximum Gasteiger partial charge on any atom is 0.208 e. The molecule has 1 saturated carbocycles. The highest BCUT2D eigenvalue weighted by Gasteiger charge is 2.40. The van der Waals surface area contributed by atoms with Crippen LogP contribution in [0.3, 0.4) is 0 Å². The van der Waals surface area contributed by atoms with Gasteiger partial charge in [-0.25, -0.2) is 15.0 Å². The van der Waals surface area contributed by atoms with Gasteiger partial charge in [-0.2, -0.15) is 0 Å². The largest absolute Gasteiger partial charge is 0.488 e. The first-order valence-corrected chi connectivity index (χ1v) is 11.2. The van der Waals surface area contributed by atoms with E-state index in [0.29, 0.717) is 6.54 Å². The molecule has 0 bridgehead atoms. The van der Waals surface area contributed by atoms with Gasteiger partial charge in [0.1, 0.15) is 29.8 Å². The summed E-state index contributed by atoms with van der Waals surface area (Å²) in [4.78, 5) is 22.8. The molecule has 32 heavy (non-hydrogen) atoms. The Bertz CT molecular complexity index is 1150. The zero-order valence-corrected chi connectivity index (χ0v) is 18.2. The molecular weight excluding hydrogens is 404 g/mol. The summed E-state index contributed by atoms with van der Waals surface area (Å²) in [6.07, 6.45) is 7.20. The van der Waals surface area contributed by atoms with Gasteiger partial charge >= 0.3 is 0 Å². The zero-order chi connectivity index (χ0) is 21.5. The normalized spacial score (nSPS) is 19.5. The minimum atomic E-state index is 0.00137. The summed E-state index contributed by atoms with van der Waals surface area (Å²) >= 11 is 0. The van der Waals surface area contributed by atoms with E-state index in [2.05, 4.69) is 55.9 Å². The molecule has 0 atom stereocenters. The van der Waals surface area contributed by atoms with E-state index in [-0.39, 0.29) is 5.60 Å². The number of rotatable bonds is 6. The fourth-order valence-electron chi connectivity index (χ4n) is 4.32. The van der Waals surface area contributed by atoms with Gasteiger partial charge in [0.2, 0.25) is 5.89 Å². The molecule has 8 nitrogen and oxygen atoms in total. The van der Waals surface area contributed by atoms with E-state index in [1.54, 1.807) is 18.8 Å². The molecule has 2 fully saturated rings. The number of piperazine rings is 1. The second kappa shape index (κ2) is 7.70. The summed E-state index contributed by atoms with van der Waals surface area (Å²) in [6.45, 7) is 7.26. The lowest BCUT2D eigenvalue weighted by molar-refractivity contribution is 0.200. The number of anilines is 1. The maximum atomic E-state index is 6.18. The Morgan fingerprint density at radius 3 is 2.72 bits per heavy atom. The monoisotopic (exact) mass is 430 g/mol. The van der Waals surface area contributed by atoms with Gasteiger partial charge in [0.15, 0.2) is 0 Å². The Kier molecular flexibility index (Phi) is 4.68. The van der Waals surface area contributed by atoms with Crippen molar-refractivity contribution in [1.82, 2.24) is 19.9 Å². The van der Waals surface area contributed by atoms with Crippen LogP contribution in [0.25, 0.3) is 0 Å². The van der Waals surface area contributed by atoms with Crippen LogP contribution >= 0.6 is 0 Å². The van der Waals surface area contributed by atoms with Gasteiger partial charge < -0.3 is 14.1 Å². The molecule has 3 aliphatic rings. The van der Waals surface area contributed by atoms with Crippen LogP contribution in [0.2, 0.25) is 0 Å². The molecule has 6 rings (SSSR count). The molecule has 8 heteroatoms. The van der Waals surface area contributed by atoms with E-state index in [9.17, 15) is 0 Å². The summed E-state index contributed by atoms with van der Waals surface area (Å²) < 4.78 is 11.6. The maximum absolute atomic E-state index is 6.18. The summed E-state index contributed by atoms with van der Waals surface area (Å²) in [7, 11) is 0. The molecule has 164 valence electrons. The molecule has 0 spiro atoms. The van der Waals surface area contributed by atoms with Crippen LogP contribution in [-0.4, -0.2) is 57.3 Å². The first-order chi connectivity index (χ1) is 15.7. The Labute approximate surface area is 187 Å². The SMILES string of the molecule is CC1(Oc2ccc3c(c2)C(c2cc(N4CCN(Cc5ncco5)CC4)ncn2)=NC3)CC1. The van der Waals surface area contributed by atoms with Gasteiger partial charge in [-0.15, -0.1) is 0 Å². The van der Waals surface area contributed by atoms with Crippen LogP contribution < -0.4 is 9.64 Å². The van der Waals surface area contributed by atoms with Crippen LogP contribution in [0, 0.1) is 0 Å². The Hall–Kier alpha value is -3.26. The summed E-state index contributed by atoms with van der Waals surface area (Å²) in [5.74, 6) is 2.62. The van der Waals surface area contributed by atoms with Crippen molar-refractivity contribution >= 4 is 11.5 Å². The predicted octanol–water partition coefficient (Wildman–Crippen LogP) is 3.07. The van der Waals surface area contributed by atoms with Crippen molar-refractivity contribution in [3.63, 3.8) is 0 Å². The van der Waals surface area contributed by atoms with Crippen molar-refractivity contribution in [1.29, 1.82) is 0 Å². The van der Waals surface area contributed by atoms with E-state index >= 15 is 0 Å². The summed E-state index contributed by atoms with van der Waals surface area (Å²) in [5.41, 5.74) is 4.13. The number of ether oxygens (including phenoxy) is 1. The molecule has 0 radical (unpaired) electrons. The molecule has 3 aromatic rings. The molecule has 2 aliphatic heterocycles. The molecule has 1 saturated heterocycles. The topological polar surface area (TPSA) is 79.9 Å². The quantitative estimate of drug-likeness (QED) is 0.595. The van der Waals surface area contributed by atoms with Crippen molar-refractivity contribution in [2.45, 2.75) is 38.5 Å². The highest BCUT2D eigenvalue weighted by Crippen LogP contribution is 2.40. The minimum absolute atomic E-state index is 0.00137. The number of nitrogens with zero attached hydrogens (tertiary/aromatic N) is 6. The number of aliphatic imine (C=N–C) groups is 1. The van der Waals surface area contributed by atoms with E-state index < -0.39 is 0 Å². The van der Waals surface area contributed by atoms with Gasteiger partial charge in [-0.1, -0.05) is 6.07 Å². The van der Waals surface area contributed by atoms with Crippen molar-refractivity contribution in [2.75, 3.05) is 31.1 Å². The molecule has 0 N–H and O–H groups in total. The van der Waals surface area contributed by atoms with Gasteiger partial charge in [0.05, 0.1) is 30.7 Å². The third-order valence-corrected chi connectivity index (χ3v) is 6.50. The summed E-state index contributed by atoms with van der Waals surface area (Å²) in [6, 6.07) is 8.37. The number of hydrogen-bond donors (Lipinski definition) is 0. The van der Waals surface area contributed by atoms with Crippen LogP contribution in [0.5, 0.6) is 5.75 Å². The fraction of sp³-hybridized carbons (Fsp3) is 0.417. The smallest absolute Gasteiger partial charge is 0.208 e. The molecule has 2 aromatic heterocycles. The fourth-order valence-corrected chi connectivity index (χ4v) is 4.32. The van der Waals surface area contributed by atoms with Crippen molar-refractivity contribution in [2.24, 2.45) is 4.99 Å². The van der Waals surface area contributed by atoms with Crippen LogP contribution in [0.15, 0.2) is 52.5 Å². The first kappa shape index (κ1) is 19.4. The molecule has 1 aromatic carbocycles. The van der Waals surface area contributed by atoms with Crippen LogP contribution in [0.4, 0.5) is 5.82 Å². The molecule has 0 unspecified atom stereocenters. The molecule has 0 amide bonds. The molecular formula is C24H26N6O2. The van der Waals surface area contributed by atoms with E-state index in [1.165, 1.54) is 5.56 Å². The number of benzene rings is 1. The van der Waals surface area contributed by atoms with Gasteiger partial charge in [-0.05, 0) is 37.5 Å².